The molecular weight excluding hydrogens is 438 g/mol. The van der Waals surface area contributed by atoms with Crippen molar-refractivity contribution < 1.29 is 33.4 Å². The molecule has 8 heteroatoms. The normalized spacial score (nSPS) is 12.3. The average Bonchev–Trinajstić information content (AvgIpc) is 3.12. The summed E-state index contributed by atoms with van der Waals surface area (Å²) in [6, 6.07) is 18.3. The number of ether oxygens (including phenoxy) is 2. The minimum absolute atomic E-state index is 0.0419. The van der Waals surface area contributed by atoms with Gasteiger partial charge in [-0.15, -0.1) is 0 Å². The lowest BCUT2D eigenvalue weighted by Gasteiger charge is -2.14. The van der Waals surface area contributed by atoms with Gasteiger partial charge in [-0.1, -0.05) is 30.3 Å². The van der Waals surface area contributed by atoms with E-state index in [1.165, 1.54) is 42.5 Å². The molecule has 1 heterocycles. The molecule has 8 nitrogen and oxygen atoms in total. The fourth-order valence-electron chi connectivity index (χ4n) is 3.49. The van der Waals surface area contributed by atoms with Crippen LogP contribution in [0.15, 0.2) is 72.8 Å². The van der Waals surface area contributed by atoms with Crippen molar-refractivity contribution >= 4 is 35.2 Å². The van der Waals surface area contributed by atoms with Crippen LogP contribution in [0.2, 0.25) is 0 Å². The Morgan fingerprint density at radius 3 is 2.00 bits per heavy atom. The summed E-state index contributed by atoms with van der Waals surface area (Å²) >= 11 is 0. The van der Waals surface area contributed by atoms with E-state index in [0.29, 0.717) is 5.56 Å². The Balaban J connectivity index is 1.49. The summed E-state index contributed by atoms with van der Waals surface area (Å²) in [6.07, 6.45) is 0. The smallest absolute Gasteiger partial charge is 0.338 e. The van der Waals surface area contributed by atoms with Crippen molar-refractivity contribution in [3.8, 4) is 0 Å². The monoisotopic (exact) mass is 457 g/mol. The molecule has 0 fully saturated rings. The van der Waals surface area contributed by atoms with E-state index in [-0.39, 0.29) is 40.3 Å². The SMILES string of the molecule is CCOC(=O)c1ccc(N2C(=O)c3ccc(C(=O)OCC(=O)c4ccccc4)cc3C2=O)cc1. The van der Waals surface area contributed by atoms with Crippen molar-refractivity contribution in [3.05, 3.63) is 101 Å². The predicted molar refractivity (Wildman–Crippen MR) is 121 cm³/mol. The summed E-state index contributed by atoms with van der Waals surface area (Å²) in [5.74, 6) is -2.82. The lowest BCUT2D eigenvalue weighted by atomic mass is 10.1. The fourth-order valence-corrected chi connectivity index (χ4v) is 3.49. The molecule has 3 aromatic carbocycles. The number of rotatable bonds is 7. The number of benzene rings is 3. The van der Waals surface area contributed by atoms with E-state index < -0.39 is 30.4 Å². The Hall–Kier alpha value is -4.59. The molecular formula is C26H19NO7. The number of carbonyl (C=O) groups is 5. The van der Waals surface area contributed by atoms with Crippen LogP contribution < -0.4 is 4.90 Å². The quantitative estimate of drug-likeness (QED) is 0.302. The van der Waals surface area contributed by atoms with Crippen LogP contribution in [0.25, 0.3) is 0 Å². The molecule has 0 aromatic heterocycles. The zero-order chi connectivity index (χ0) is 24.2. The van der Waals surface area contributed by atoms with Gasteiger partial charge in [0.1, 0.15) is 0 Å². The summed E-state index contributed by atoms with van der Waals surface area (Å²) in [4.78, 5) is 63.2. The number of imide groups is 1. The van der Waals surface area contributed by atoms with Gasteiger partial charge in [0.25, 0.3) is 11.8 Å². The highest BCUT2D eigenvalue weighted by Gasteiger charge is 2.37. The minimum Gasteiger partial charge on any atom is -0.462 e. The highest BCUT2D eigenvalue weighted by molar-refractivity contribution is 6.34. The number of hydrogen-bond acceptors (Lipinski definition) is 7. The summed E-state index contributed by atoms with van der Waals surface area (Å²) in [5, 5.41) is 0. The zero-order valence-electron chi connectivity index (χ0n) is 18.1. The number of anilines is 1. The van der Waals surface area contributed by atoms with E-state index in [2.05, 4.69) is 0 Å². The van der Waals surface area contributed by atoms with Crippen LogP contribution in [-0.2, 0) is 9.47 Å². The molecule has 0 radical (unpaired) electrons. The number of ketones is 1. The zero-order valence-corrected chi connectivity index (χ0v) is 18.1. The fraction of sp³-hybridized carbons (Fsp3) is 0.115. The molecule has 3 aromatic rings. The third kappa shape index (κ3) is 4.33. The van der Waals surface area contributed by atoms with E-state index in [0.717, 1.165) is 4.90 Å². The Bertz CT molecular complexity index is 1300. The molecule has 0 bridgehead atoms. The maximum atomic E-state index is 13.0. The standard InChI is InChI=1S/C26H19NO7/c1-2-33-25(31)17-8-11-19(12-9-17)27-23(29)20-13-10-18(14-21(20)24(27)30)26(32)34-15-22(28)16-6-4-3-5-7-16/h3-14H,2,15H2,1H3. The number of nitrogens with zero attached hydrogens (tertiary/aromatic N) is 1. The molecule has 170 valence electrons. The van der Waals surface area contributed by atoms with Crippen LogP contribution in [0.3, 0.4) is 0 Å². The first kappa shape index (κ1) is 22.6. The third-order valence-corrected chi connectivity index (χ3v) is 5.19. The van der Waals surface area contributed by atoms with Gasteiger partial charge in [-0.25, -0.2) is 14.5 Å². The molecule has 0 unspecified atom stereocenters. The number of fused-ring (bicyclic) bond motifs is 1. The number of carbonyl (C=O) groups excluding carboxylic acids is 5. The van der Waals surface area contributed by atoms with Crippen LogP contribution >= 0.6 is 0 Å². The van der Waals surface area contributed by atoms with Crippen LogP contribution in [0, 0.1) is 0 Å². The maximum Gasteiger partial charge on any atom is 0.338 e. The second kappa shape index (κ2) is 9.50. The van der Waals surface area contributed by atoms with Gasteiger partial charge in [0, 0.05) is 5.56 Å². The molecule has 0 aliphatic carbocycles. The molecule has 0 saturated heterocycles. The number of Topliss-reactive ketones (excluding diaryl/α,β-unsaturated/α-hetero) is 1. The van der Waals surface area contributed by atoms with Gasteiger partial charge >= 0.3 is 11.9 Å². The van der Waals surface area contributed by atoms with Gasteiger partial charge in [-0.2, -0.15) is 0 Å². The van der Waals surface area contributed by atoms with E-state index in [4.69, 9.17) is 9.47 Å². The van der Waals surface area contributed by atoms with Gasteiger partial charge in [-0.3, -0.25) is 14.4 Å². The van der Waals surface area contributed by atoms with Crippen molar-refractivity contribution in [3.63, 3.8) is 0 Å². The molecule has 0 spiro atoms. The average molecular weight is 457 g/mol. The van der Waals surface area contributed by atoms with Gasteiger partial charge in [0.15, 0.2) is 12.4 Å². The van der Waals surface area contributed by atoms with Gasteiger partial charge in [0.05, 0.1) is 34.5 Å². The molecule has 4 rings (SSSR count). The Kier molecular flexibility index (Phi) is 6.31. The van der Waals surface area contributed by atoms with Crippen molar-refractivity contribution in [1.29, 1.82) is 0 Å². The predicted octanol–water partition coefficient (Wildman–Crippen LogP) is 3.70. The van der Waals surface area contributed by atoms with Crippen molar-refractivity contribution in [1.82, 2.24) is 0 Å². The lowest BCUT2D eigenvalue weighted by Crippen LogP contribution is -2.29. The van der Waals surface area contributed by atoms with Crippen molar-refractivity contribution in [2.75, 3.05) is 18.1 Å². The van der Waals surface area contributed by atoms with E-state index in [1.807, 2.05) is 0 Å². The molecule has 1 aliphatic rings. The Labute approximate surface area is 194 Å². The van der Waals surface area contributed by atoms with Crippen molar-refractivity contribution in [2.45, 2.75) is 6.92 Å². The van der Waals surface area contributed by atoms with Crippen LogP contribution in [-0.4, -0.2) is 42.7 Å². The third-order valence-electron chi connectivity index (χ3n) is 5.19. The second-order valence-corrected chi connectivity index (χ2v) is 7.34. The van der Waals surface area contributed by atoms with Gasteiger partial charge in [0.2, 0.25) is 0 Å². The highest BCUT2D eigenvalue weighted by atomic mass is 16.5. The lowest BCUT2D eigenvalue weighted by molar-refractivity contribution is 0.0474. The first-order valence-electron chi connectivity index (χ1n) is 10.5. The number of esters is 2. The van der Waals surface area contributed by atoms with E-state index >= 15 is 0 Å². The van der Waals surface area contributed by atoms with Gasteiger partial charge in [-0.05, 0) is 49.4 Å². The first-order valence-corrected chi connectivity index (χ1v) is 10.5. The maximum absolute atomic E-state index is 13.0. The summed E-state index contributed by atoms with van der Waals surface area (Å²) in [5.41, 5.74) is 1.20. The number of hydrogen-bond donors (Lipinski definition) is 0. The summed E-state index contributed by atoms with van der Waals surface area (Å²) in [6.45, 7) is 1.46. The Morgan fingerprint density at radius 1 is 0.706 bits per heavy atom. The molecule has 0 N–H and O–H groups in total. The van der Waals surface area contributed by atoms with E-state index in [1.54, 1.807) is 37.3 Å². The minimum atomic E-state index is -0.787. The second-order valence-electron chi connectivity index (χ2n) is 7.34. The summed E-state index contributed by atoms with van der Waals surface area (Å²) < 4.78 is 10.0. The highest BCUT2D eigenvalue weighted by Crippen LogP contribution is 2.29. The topological polar surface area (TPSA) is 107 Å². The molecule has 0 saturated carbocycles. The van der Waals surface area contributed by atoms with E-state index in [9.17, 15) is 24.0 Å². The number of amides is 2. The first-order chi connectivity index (χ1) is 16.4. The molecule has 34 heavy (non-hydrogen) atoms. The molecule has 0 atom stereocenters. The van der Waals surface area contributed by atoms with Crippen LogP contribution in [0.5, 0.6) is 0 Å². The largest absolute Gasteiger partial charge is 0.462 e. The van der Waals surface area contributed by atoms with Crippen molar-refractivity contribution in [2.24, 2.45) is 0 Å². The van der Waals surface area contributed by atoms with Crippen LogP contribution in [0.4, 0.5) is 5.69 Å². The van der Waals surface area contributed by atoms with Gasteiger partial charge < -0.3 is 9.47 Å². The molecule has 1 aliphatic heterocycles. The van der Waals surface area contributed by atoms with Crippen LogP contribution in [0.1, 0.15) is 58.7 Å². The molecule has 2 amide bonds. The Morgan fingerprint density at radius 2 is 1.32 bits per heavy atom. The summed E-state index contributed by atoms with van der Waals surface area (Å²) in [7, 11) is 0.